The summed E-state index contributed by atoms with van der Waals surface area (Å²) in [4.78, 5) is 44.1. The van der Waals surface area contributed by atoms with Crippen molar-refractivity contribution in [1.29, 1.82) is 0 Å². The van der Waals surface area contributed by atoms with E-state index in [-0.39, 0.29) is 54.7 Å². The van der Waals surface area contributed by atoms with Crippen LogP contribution in [-0.2, 0) is 41.2 Å². The number of carbonyl (C=O) groups is 2. The van der Waals surface area contributed by atoms with Crippen LogP contribution in [0, 0.1) is 5.92 Å². The van der Waals surface area contributed by atoms with E-state index in [1.54, 1.807) is 66.7 Å². The highest BCUT2D eigenvalue weighted by atomic mass is 16.6. The number of hydrogen-bond acceptors (Lipinski definition) is 11. The average molecular weight is 916 g/mol. The number of aliphatic hydroxyl groups excluding tert-OH is 1. The van der Waals surface area contributed by atoms with Crippen molar-refractivity contribution in [2.75, 3.05) is 33.4 Å². The zero-order valence-corrected chi connectivity index (χ0v) is 38.1. The van der Waals surface area contributed by atoms with Gasteiger partial charge in [0.2, 0.25) is 11.2 Å². The normalized spacial score (nSPS) is 14.5. The number of pyridine rings is 1. The van der Waals surface area contributed by atoms with Crippen LogP contribution in [0.5, 0.6) is 17.2 Å². The van der Waals surface area contributed by atoms with Gasteiger partial charge in [-0.15, -0.1) is 0 Å². The van der Waals surface area contributed by atoms with Gasteiger partial charge in [0.05, 0.1) is 30.9 Å². The number of piperidine rings is 1. The highest BCUT2D eigenvalue weighted by molar-refractivity contribution is 5.99. The van der Waals surface area contributed by atoms with Crippen molar-refractivity contribution in [2.45, 2.75) is 57.1 Å². The molecular weight excluding hydrogens is 859 g/mol. The SMILES string of the molecule is COc1cc(CNC[C@H](O)c2ccc(O)c3[nH]c(=O)ccc23)ccc1C(=O)CCc1ccc(COc2cccc([C@](O)(C(=O)OCC3CCN(Cc4ccccc4)CC3)c3ccccc3)c2)cc1. The van der Waals surface area contributed by atoms with Gasteiger partial charge in [0, 0.05) is 43.1 Å². The Balaban J connectivity index is 0.820. The van der Waals surface area contributed by atoms with E-state index in [0.29, 0.717) is 52.1 Å². The second-order valence-electron chi connectivity index (χ2n) is 17.4. The number of Topliss-reactive ketones (excluding diaryl/α,β-unsaturated/α-hetero) is 1. The minimum atomic E-state index is -2.04. The van der Waals surface area contributed by atoms with Crippen LogP contribution in [-0.4, -0.2) is 70.3 Å². The van der Waals surface area contributed by atoms with Crippen LogP contribution >= 0.6 is 0 Å². The van der Waals surface area contributed by atoms with Crippen molar-refractivity contribution in [2.24, 2.45) is 5.92 Å². The number of carbonyl (C=O) groups excluding carboxylic acids is 2. The largest absolute Gasteiger partial charge is 0.506 e. The van der Waals surface area contributed by atoms with Gasteiger partial charge in [-0.25, -0.2) is 4.79 Å². The van der Waals surface area contributed by atoms with Crippen molar-refractivity contribution < 1.29 is 39.1 Å². The Bertz CT molecular complexity index is 2860. The van der Waals surface area contributed by atoms with E-state index in [2.05, 4.69) is 39.5 Å². The van der Waals surface area contributed by atoms with E-state index in [9.17, 15) is 29.7 Å². The van der Waals surface area contributed by atoms with Crippen LogP contribution in [0.3, 0.4) is 0 Å². The van der Waals surface area contributed by atoms with Gasteiger partial charge >= 0.3 is 5.97 Å². The molecule has 2 heterocycles. The van der Waals surface area contributed by atoms with E-state index >= 15 is 0 Å². The fourth-order valence-electron chi connectivity index (χ4n) is 8.79. The van der Waals surface area contributed by atoms with Gasteiger partial charge in [-0.3, -0.25) is 14.5 Å². The molecule has 0 radical (unpaired) electrons. The summed E-state index contributed by atoms with van der Waals surface area (Å²) in [6, 6.07) is 45.5. The van der Waals surface area contributed by atoms with Crippen LogP contribution in [0.4, 0.5) is 0 Å². The Morgan fingerprint density at radius 2 is 1.50 bits per heavy atom. The third kappa shape index (κ3) is 11.5. The molecule has 1 aromatic heterocycles. The molecule has 350 valence electrons. The Morgan fingerprint density at radius 1 is 0.794 bits per heavy atom. The highest BCUT2D eigenvalue weighted by Crippen LogP contribution is 2.34. The lowest BCUT2D eigenvalue weighted by atomic mass is 9.86. The van der Waals surface area contributed by atoms with Gasteiger partial charge in [-0.1, -0.05) is 109 Å². The van der Waals surface area contributed by atoms with Gasteiger partial charge in [0.15, 0.2) is 5.78 Å². The van der Waals surface area contributed by atoms with Crippen molar-refractivity contribution in [3.8, 4) is 17.2 Å². The third-order valence-electron chi connectivity index (χ3n) is 12.7. The lowest BCUT2D eigenvalue weighted by Crippen LogP contribution is -2.40. The second kappa shape index (κ2) is 22.1. The molecule has 6 aromatic carbocycles. The molecular formula is C56H57N3O9. The maximum atomic E-state index is 13.9. The maximum Gasteiger partial charge on any atom is 0.347 e. The lowest BCUT2D eigenvalue weighted by molar-refractivity contribution is -0.164. The topological polar surface area (TPSA) is 171 Å². The smallest absolute Gasteiger partial charge is 0.347 e. The van der Waals surface area contributed by atoms with Gasteiger partial charge < -0.3 is 39.8 Å². The van der Waals surface area contributed by atoms with Crippen molar-refractivity contribution >= 4 is 22.7 Å². The summed E-state index contributed by atoms with van der Waals surface area (Å²) in [5.74, 6) is 0.306. The van der Waals surface area contributed by atoms with Crippen LogP contribution in [0.15, 0.2) is 156 Å². The number of ketones is 1. The number of aromatic amines is 1. The van der Waals surface area contributed by atoms with Gasteiger partial charge in [0.1, 0.15) is 23.9 Å². The fourth-order valence-corrected chi connectivity index (χ4v) is 8.79. The van der Waals surface area contributed by atoms with E-state index in [0.717, 1.165) is 49.2 Å². The molecule has 0 amide bonds. The first-order valence-electron chi connectivity index (χ1n) is 23.0. The van der Waals surface area contributed by atoms with E-state index in [4.69, 9.17) is 14.2 Å². The Labute approximate surface area is 395 Å². The number of phenolic OH excluding ortho intramolecular Hbond substituents is 1. The molecule has 0 spiro atoms. The molecule has 0 saturated carbocycles. The first-order valence-corrected chi connectivity index (χ1v) is 23.0. The summed E-state index contributed by atoms with van der Waals surface area (Å²) < 4.78 is 17.7. The standard InChI is InChI=1S/C56H57N3O9/c1-66-52-31-42(33-57-34-51(62)46-22-25-50(61)54-47(46)23-26-53(63)58-54)19-21-48(52)49(60)24-20-38-15-17-40(18-16-38)36-67-45-14-8-13-44(32-45)56(65,43-11-6-3-7-12-43)55(64)68-37-41-27-29-59(30-28-41)35-39-9-4-2-5-10-39/h2-19,21-23,25-26,31-32,41,51,57,61-62,65H,20,24,27-30,33-37H2,1H3,(H,58,63)/t51-,56-/m0/s1. The predicted molar refractivity (Wildman–Crippen MR) is 261 cm³/mol. The van der Waals surface area contributed by atoms with Gasteiger partial charge in [0.25, 0.3) is 0 Å². The fraction of sp³-hybridized carbons (Fsp3) is 0.268. The molecule has 2 atom stereocenters. The maximum absolute atomic E-state index is 13.9. The second-order valence-corrected chi connectivity index (χ2v) is 17.4. The number of H-pyrrole nitrogens is 1. The number of benzene rings is 6. The Kier molecular flexibility index (Phi) is 15.4. The molecule has 12 heteroatoms. The first kappa shape index (κ1) is 47.4. The average Bonchev–Trinajstić information content (AvgIpc) is 3.37. The Hall–Kier alpha value is -7.09. The minimum Gasteiger partial charge on any atom is -0.506 e. The van der Waals surface area contributed by atoms with Gasteiger partial charge in [-0.05, 0) is 108 Å². The number of methoxy groups -OCH3 is 1. The molecule has 1 saturated heterocycles. The molecule has 68 heavy (non-hydrogen) atoms. The van der Waals surface area contributed by atoms with Crippen LogP contribution in [0.25, 0.3) is 10.9 Å². The first-order chi connectivity index (χ1) is 33.1. The summed E-state index contributed by atoms with van der Waals surface area (Å²) in [5.41, 5.74) is 3.73. The van der Waals surface area contributed by atoms with Crippen molar-refractivity contribution in [1.82, 2.24) is 15.2 Å². The van der Waals surface area contributed by atoms with E-state index in [1.165, 1.54) is 24.8 Å². The molecule has 8 rings (SSSR count). The Morgan fingerprint density at radius 3 is 2.25 bits per heavy atom. The summed E-state index contributed by atoms with van der Waals surface area (Å²) in [6.07, 6.45) is 1.69. The number of hydrogen-bond donors (Lipinski definition) is 5. The summed E-state index contributed by atoms with van der Waals surface area (Å²) >= 11 is 0. The number of aliphatic hydroxyl groups is 2. The monoisotopic (exact) mass is 915 g/mol. The number of likely N-dealkylation sites (tertiary alicyclic amines) is 1. The lowest BCUT2D eigenvalue weighted by Gasteiger charge is -2.33. The summed E-state index contributed by atoms with van der Waals surface area (Å²) in [5, 5.41) is 37.1. The van der Waals surface area contributed by atoms with Gasteiger partial charge in [-0.2, -0.15) is 0 Å². The zero-order chi connectivity index (χ0) is 47.5. The molecule has 0 unspecified atom stereocenters. The number of ether oxygens (including phenoxy) is 3. The molecule has 1 aliphatic heterocycles. The number of aromatic nitrogens is 1. The number of fused-ring (bicyclic) bond motifs is 1. The van der Waals surface area contributed by atoms with Crippen molar-refractivity contribution in [3.63, 3.8) is 0 Å². The molecule has 0 aliphatic carbocycles. The van der Waals surface area contributed by atoms with E-state index in [1.807, 2.05) is 48.5 Å². The molecule has 1 fully saturated rings. The summed E-state index contributed by atoms with van der Waals surface area (Å²) in [6.45, 7) is 3.81. The molecule has 1 aliphatic rings. The molecule has 12 nitrogen and oxygen atoms in total. The minimum absolute atomic E-state index is 0.0551. The van der Waals surface area contributed by atoms with Crippen molar-refractivity contribution in [3.05, 3.63) is 207 Å². The number of rotatable bonds is 20. The van der Waals surface area contributed by atoms with Crippen LogP contribution in [0.1, 0.15) is 74.7 Å². The number of esters is 1. The zero-order valence-electron chi connectivity index (χ0n) is 38.1. The number of aryl methyl sites for hydroxylation is 1. The third-order valence-corrected chi connectivity index (χ3v) is 12.7. The quantitative estimate of drug-likeness (QED) is 0.0370. The highest BCUT2D eigenvalue weighted by Gasteiger charge is 2.42. The molecule has 7 aromatic rings. The molecule has 0 bridgehead atoms. The molecule has 5 N–H and O–H groups in total. The van der Waals surface area contributed by atoms with Crippen LogP contribution < -0.4 is 20.3 Å². The van der Waals surface area contributed by atoms with Crippen LogP contribution in [0.2, 0.25) is 0 Å². The predicted octanol–water partition coefficient (Wildman–Crippen LogP) is 8.15. The summed E-state index contributed by atoms with van der Waals surface area (Å²) in [7, 11) is 1.53. The number of aromatic hydroxyl groups is 1. The number of nitrogens with one attached hydrogen (secondary N) is 2. The van der Waals surface area contributed by atoms with E-state index < -0.39 is 17.7 Å². The number of phenols is 1. The number of nitrogens with zero attached hydrogens (tertiary/aromatic N) is 1.